The predicted octanol–water partition coefficient (Wildman–Crippen LogP) is 2.77. The van der Waals surface area contributed by atoms with Crippen molar-refractivity contribution >= 4 is 17.5 Å². The molecule has 1 aromatic rings. The molecular formula is C18H28ClN3O. The van der Waals surface area contributed by atoms with Gasteiger partial charge in [-0.1, -0.05) is 37.6 Å². The van der Waals surface area contributed by atoms with E-state index in [-0.39, 0.29) is 11.4 Å². The molecule has 1 heterocycles. The van der Waals surface area contributed by atoms with Crippen molar-refractivity contribution in [2.75, 3.05) is 32.7 Å². The molecule has 0 spiro atoms. The summed E-state index contributed by atoms with van der Waals surface area (Å²) < 4.78 is 0. The van der Waals surface area contributed by atoms with Gasteiger partial charge in [0, 0.05) is 49.7 Å². The van der Waals surface area contributed by atoms with Crippen molar-refractivity contribution < 1.29 is 4.79 Å². The second-order valence-electron chi connectivity index (χ2n) is 6.10. The van der Waals surface area contributed by atoms with Crippen molar-refractivity contribution in [3.05, 3.63) is 34.9 Å². The van der Waals surface area contributed by atoms with E-state index in [1.807, 2.05) is 17.0 Å². The van der Waals surface area contributed by atoms with E-state index in [9.17, 15) is 4.79 Å². The minimum absolute atomic E-state index is 0.0890. The van der Waals surface area contributed by atoms with Crippen LogP contribution in [0.2, 0.25) is 5.02 Å². The van der Waals surface area contributed by atoms with Crippen LogP contribution in [-0.2, 0) is 10.3 Å². The fraction of sp³-hybridized carbons (Fsp3) is 0.611. The molecule has 23 heavy (non-hydrogen) atoms. The summed E-state index contributed by atoms with van der Waals surface area (Å²) in [6.45, 7) is 8.51. The Morgan fingerprint density at radius 1 is 1.22 bits per heavy atom. The van der Waals surface area contributed by atoms with Crippen molar-refractivity contribution in [2.24, 2.45) is 0 Å². The van der Waals surface area contributed by atoms with Crippen LogP contribution in [0.5, 0.6) is 0 Å². The Kier molecular flexibility index (Phi) is 6.88. The Labute approximate surface area is 144 Å². The van der Waals surface area contributed by atoms with Gasteiger partial charge in [-0.25, -0.2) is 0 Å². The van der Waals surface area contributed by atoms with Crippen LogP contribution in [0.4, 0.5) is 0 Å². The fourth-order valence-corrected chi connectivity index (χ4v) is 3.39. The largest absolute Gasteiger partial charge is 0.340 e. The number of carbonyl (C=O) groups is 1. The molecule has 0 unspecified atom stereocenters. The average Bonchev–Trinajstić information content (AvgIpc) is 2.60. The first-order chi connectivity index (χ1) is 11.1. The molecule has 1 amide bonds. The molecule has 0 saturated carbocycles. The van der Waals surface area contributed by atoms with Gasteiger partial charge in [-0.2, -0.15) is 0 Å². The first kappa shape index (κ1) is 18.2. The molecule has 0 aliphatic carbocycles. The second kappa shape index (κ2) is 8.67. The molecule has 0 aromatic heterocycles. The number of benzene rings is 1. The van der Waals surface area contributed by atoms with E-state index in [1.54, 1.807) is 0 Å². The van der Waals surface area contributed by atoms with Gasteiger partial charge in [0.25, 0.3) is 0 Å². The van der Waals surface area contributed by atoms with Crippen LogP contribution >= 0.6 is 11.6 Å². The topological polar surface area (TPSA) is 44.4 Å². The highest BCUT2D eigenvalue weighted by atomic mass is 35.5. The molecule has 128 valence electrons. The Bertz CT molecular complexity index is 493. The number of nitrogens with one attached hydrogen (secondary N) is 2. The number of nitrogens with zero attached hydrogens (tertiary/aromatic N) is 1. The summed E-state index contributed by atoms with van der Waals surface area (Å²) >= 11 is 6.00. The lowest BCUT2D eigenvalue weighted by molar-refractivity contribution is -0.131. The molecule has 0 atom stereocenters. The van der Waals surface area contributed by atoms with E-state index >= 15 is 0 Å². The van der Waals surface area contributed by atoms with E-state index < -0.39 is 0 Å². The SMILES string of the molecule is CCC(CC)(NCCC(=O)N1CCNCC1)c1ccc(Cl)cc1. The van der Waals surface area contributed by atoms with Gasteiger partial charge in [-0.3, -0.25) is 4.79 Å². The Hall–Kier alpha value is -1.10. The predicted molar refractivity (Wildman–Crippen MR) is 95.8 cm³/mol. The molecule has 2 rings (SSSR count). The summed E-state index contributed by atoms with van der Waals surface area (Å²) in [5.74, 6) is 0.246. The maximum Gasteiger partial charge on any atom is 0.223 e. The molecule has 4 nitrogen and oxygen atoms in total. The summed E-state index contributed by atoms with van der Waals surface area (Å²) in [6.07, 6.45) is 2.51. The molecule has 1 aliphatic rings. The summed E-state index contributed by atoms with van der Waals surface area (Å²) in [6, 6.07) is 8.04. The highest BCUT2D eigenvalue weighted by Gasteiger charge is 2.28. The van der Waals surface area contributed by atoms with Crippen LogP contribution in [0.1, 0.15) is 38.7 Å². The lowest BCUT2D eigenvalue weighted by Gasteiger charge is -2.34. The zero-order valence-electron chi connectivity index (χ0n) is 14.2. The first-order valence-electron chi connectivity index (χ1n) is 8.61. The third-order valence-electron chi connectivity index (χ3n) is 4.88. The molecule has 0 bridgehead atoms. The number of halogens is 1. The number of rotatable bonds is 7. The fourth-order valence-electron chi connectivity index (χ4n) is 3.26. The van der Waals surface area contributed by atoms with Gasteiger partial charge in [0.2, 0.25) is 5.91 Å². The Balaban J connectivity index is 1.94. The van der Waals surface area contributed by atoms with Crippen molar-refractivity contribution in [1.82, 2.24) is 15.5 Å². The van der Waals surface area contributed by atoms with Gasteiger partial charge >= 0.3 is 0 Å². The summed E-state index contributed by atoms with van der Waals surface area (Å²) in [5.41, 5.74) is 1.15. The van der Waals surface area contributed by atoms with Gasteiger partial charge in [0.15, 0.2) is 0 Å². The van der Waals surface area contributed by atoms with E-state index in [0.717, 1.165) is 44.0 Å². The standard InChI is InChI=1S/C18H28ClN3O/c1-3-18(4-2,15-5-7-16(19)8-6-15)21-10-9-17(23)22-13-11-20-12-14-22/h5-8,20-21H,3-4,9-14H2,1-2H3. The van der Waals surface area contributed by atoms with Gasteiger partial charge in [0.1, 0.15) is 0 Å². The smallest absolute Gasteiger partial charge is 0.223 e. The van der Waals surface area contributed by atoms with E-state index in [1.165, 1.54) is 5.56 Å². The summed E-state index contributed by atoms with van der Waals surface area (Å²) in [7, 11) is 0. The van der Waals surface area contributed by atoms with Gasteiger partial charge in [-0.15, -0.1) is 0 Å². The van der Waals surface area contributed by atoms with Crippen LogP contribution in [-0.4, -0.2) is 43.5 Å². The molecule has 1 saturated heterocycles. The highest BCUT2D eigenvalue weighted by molar-refractivity contribution is 6.30. The summed E-state index contributed by atoms with van der Waals surface area (Å²) in [5, 5.41) is 7.66. The molecule has 1 aromatic carbocycles. The van der Waals surface area contributed by atoms with E-state index in [0.29, 0.717) is 13.0 Å². The van der Waals surface area contributed by atoms with Crippen molar-refractivity contribution in [3.63, 3.8) is 0 Å². The normalized spacial score (nSPS) is 15.7. The monoisotopic (exact) mass is 337 g/mol. The number of piperazine rings is 1. The Morgan fingerprint density at radius 2 is 1.83 bits per heavy atom. The minimum atomic E-state index is -0.0890. The molecule has 5 heteroatoms. The molecule has 2 N–H and O–H groups in total. The summed E-state index contributed by atoms with van der Waals surface area (Å²) in [4.78, 5) is 14.2. The van der Waals surface area contributed by atoms with E-state index in [4.69, 9.17) is 11.6 Å². The highest BCUT2D eigenvalue weighted by Crippen LogP contribution is 2.29. The zero-order valence-corrected chi connectivity index (χ0v) is 15.0. The van der Waals surface area contributed by atoms with E-state index in [2.05, 4.69) is 36.6 Å². The lowest BCUT2D eigenvalue weighted by atomic mass is 9.84. The molecule has 1 fully saturated rings. The first-order valence-corrected chi connectivity index (χ1v) is 8.98. The molecule has 1 aliphatic heterocycles. The van der Waals surface area contributed by atoms with Crippen LogP contribution in [0.25, 0.3) is 0 Å². The van der Waals surface area contributed by atoms with Crippen LogP contribution in [0.3, 0.4) is 0 Å². The maximum atomic E-state index is 12.3. The average molecular weight is 338 g/mol. The third kappa shape index (κ3) is 4.69. The number of amides is 1. The third-order valence-corrected chi connectivity index (χ3v) is 5.13. The molecular weight excluding hydrogens is 310 g/mol. The zero-order chi connectivity index (χ0) is 16.7. The van der Waals surface area contributed by atoms with Crippen molar-refractivity contribution in [2.45, 2.75) is 38.6 Å². The molecule has 0 radical (unpaired) electrons. The number of hydrogen-bond donors (Lipinski definition) is 2. The minimum Gasteiger partial charge on any atom is -0.340 e. The van der Waals surface area contributed by atoms with Crippen molar-refractivity contribution in [3.8, 4) is 0 Å². The second-order valence-corrected chi connectivity index (χ2v) is 6.54. The van der Waals surface area contributed by atoms with Crippen LogP contribution in [0, 0.1) is 0 Å². The lowest BCUT2D eigenvalue weighted by Crippen LogP contribution is -2.48. The van der Waals surface area contributed by atoms with Crippen LogP contribution in [0.15, 0.2) is 24.3 Å². The maximum absolute atomic E-state index is 12.3. The van der Waals surface area contributed by atoms with Crippen LogP contribution < -0.4 is 10.6 Å². The van der Waals surface area contributed by atoms with Gasteiger partial charge in [0.05, 0.1) is 0 Å². The number of carbonyl (C=O) groups excluding carboxylic acids is 1. The Morgan fingerprint density at radius 3 is 2.39 bits per heavy atom. The van der Waals surface area contributed by atoms with Crippen molar-refractivity contribution in [1.29, 1.82) is 0 Å². The number of hydrogen-bond acceptors (Lipinski definition) is 3. The quantitative estimate of drug-likeness (QED) is 0.804. The van der Waals surface area contributed by atoms with Gasteiger partial charge < -0.3 is 15.5 Å². The van der Waals surface area contributed by atoms with Gasteiger partial charge in [-0.05, 0) is 30.5 Å².